The lowest BCUT2D eigenvalue weighted by Crippen LogP contribution is -2.35. The number of halogens is 1. The molecule has 1 fully saturated rings. The standard InChI is InChI=1S/C18H17FN2O5/c19-13-8-11(3-4-14(13)25-12-2-1-7-20-10-12)9-21-17(22)15-5-6-16(26-15)18(23)24/h1-4,7-8,10,15-16H,5-6,9H2,(H,21,22)(H,23,24)/t15-,16+/m0/s1. The number of carboxylic acids is 1. The molecule has 3 rings (SSSR count). The molecule has 26 heavy (non-hydrogen) atoms. The van der Waals surface area contributed by atoms with Gasteiger partial charge in [-0.15, -0.1) is 0 Å². The summed E-state index contributed by atoms with van der Waals surface area (Å²) >= 11 is 0. The van der Waals surface area contributed by atoms with E-state index in [1.165, 1.54) is 18.3 Å². The predicted octanol–water partition coefficient (Wildman–Crippen LogP) is 2.26. The Balaban J connectivity index is 1.55. The number of aromatic nitrogens is 1. The van der Waals surface area contributed by atoms with E-state index >= 15 is 0 Å². The number of hydrogen-bond donors (Lipinski definition) is 2. The second kappa shape index (κ2) is 7.92. The number of nitrogens with zero attached hydrogens (tertiary/aromatic N) is 1. The lowest BCUT2D eigenvalue weighted by Gasteiger charge is -2.12. The molecule has 7 nitrogen and oxygen atoms in total. The van der Waals surface area contributed by atoms with Crippen LogP contribution in [0.1, 0.15) is 18.4 Å². The molecular weight excluding hydrogens is 343 g/mol. The van der Waals surface area contributed by atoms with Gasteiger partial charge in [0.25, 0.3) is 0 Å². The molecule has 0 bridgehead atoms. The van der Waals surface area contributed by atoms with E-state index in [4.69, 9.17) is 14.6 Å². The first-order valence-electron chi connectivity index (χ1n) is 8.05. The van der Waals surface area contributed by atoms with Crippen molar-refractivity contribution in [3.63, 3.8) is 0 Å². The van der Waals surface area contributed by atoms with E-state index in [1.807, 2.05) is 0 Å². The molecule has 8 heteroatoms. The third-order valence-corrected chi connectivity index (χ3v) is 3.91. The Kier molecular flexibility index (Phi) is 5.43. The Bertz CT molecular complexity index is 799. The molecule has 1 aliphatic rings. The SMILES string of the molecule is O=C(NCc1ccc(Oc2cccnc2)c(F)c1)[C@@H]1CC[C@H](C(=O)O)O1. The predicted molar refractivity (Wildman–Crippen MR) is 88.1 cm³/mol. The lowest BCUT2D eigenvalue weighted by atomic mass is 10.1. The zero-order valence-corrected chi connectivity index (χ0v) is 13.7. The normalized spacial score (nSPS) is 19.1. The second-order valence-electron chi connectivity index (χ2n) is 5.80. The molecule has 2 atom stereocenters. The Labute approximate surface area is 148 Å². The molecule has 0 saturated carbocycles. The summed E-state index contributed by atoms with van der Waals surface area (Å²) in [6.45, 7) is 0.0977. The fourth-order valence-corrected chi connectivity index (χ4v) is 2.59. The number of rotatable bonds is 6. The van der Waals surface area contributed by atoms with E-state index in [1.54, 1.807) is 24.4 Å². The van der Waals surface area contributed by atoms with Crippen LogP contribution in [0.2, 0.25) is 0 Å². The van der Waals surface area contributed by atoms with Crippen molar-refractivity contribution in [3.05, 3.63) is 54.1 Å². The highest BCUT2D eigenvalue weighted by Crippen LogP contribution is 2.24. The van der Waals surface area contributed by atoms with Crippen LogP contribution >= 0.6 is 0 Å². The van der Waals surface area contributed by atoms with Crippen molar-refractivity contribution in [2.75, 3.05) is 0 Å². The topological polar surface area (TPSA) is 97.8 Å². The monoisotopic (exact) mass is 360 g/mol. The highest BCUT2D eigenvalue weighted by atomic mass is 19.1. The molecular formula is C18H17FN2O5. The molecule has 0 aliphatic carbocycles. The minimum Gasteiger partial charge on any atom is -0.479 e. The average molecular weight is 360 g/mol. The number of aliphatic carboxylic acids is 1. The van der Waals surface area contributed by atoms with Crippen molar-refractivity contribution in [2.45, 2.75) is 31.6 Å². The molecule has 1 saturated heterocycles. The summed E-state index contributed by atoms with van der Waals surface area (Å²) < 4.78 is 24.7. The van der Waals surface area contributed by atoms with E-state index in [-0.39, 0.29) is 12.3 Å². The van der Waals surface area contributed by atoms with Crippen molar-refractivity contribution < 1.29 is 28.6 Å². The number of benzene rings is 1. The first kappa shape index (κ1) is 17.8. The summed E-state index contributed by atoms with van der Waals surface area (Å²) in [4.78, 5) is 26.7. The van der Waals surface area contributed by atoms with Gasteiger partial charge in [-0.05, 0) is 42.7 Å². The maximum atomic E-state index is 14.2. The average Bonchev–Trinajstić information content (AvgIpc) is 3.13. The molecule has 136 valence electrons. The highest BCUT2D eigenvalue weighted by molar-refractivity contribution is 5.82. The van der Waals surface area contributed by atoms with Crippen LogP contribution in [0.5, 0.6) is 11.5 Å². The third-order valence-electron chi connectivity index (χ3n) is 3.91. The van der Waals surface area contributed by atoms with Gasteiger partial charge in [-0.3, -0.25) is 9.78 Å². The third kappa shape index (κ3) is 4.34. The van der Waals surface area contributed by atoms with Gasteiger partial charge < -0.3 is 19.9 Å². The Morgan fingerprint density at radius 2 is 2.12 bits per heavy atom. The van der Waals surface area contributed by atoms with Crippen molar-refractivity contribution in [1.29, 1.82) is 0 Å². The number of carbonyl (C=O) groups excluding carboxylic acids is 1. The van der Waals surface area contributed by atoms with Crippen molar-refractivity contribution in [3.8, 4) is 11.5 Å². The summed E-state index contributed by atoms with van der Waals surface area (Å²) in [5.74, 6) is -1.59. The summed E-state index contributed by atoms with van der Waals surface area (Å²) in [7, 11) is 0. The number of hydrogen-bond acceptors (Lipinski definition) is 5. The quantitative estimate of drug-likeness (QED) is 0.820. The van der Waals surface area contributed by atoms with Crippen LogP contribution in [0.3, 0.4) is 0 Å². The van der Waals surface area contributed by atoms with E-state index in [9.17, 15) is 14.0 Å². The molecule has 2 aromatic rings. The summed E-state index contributed by atoms with van der Waals surface area (Å²) in [5, 5.41) is 11.5. The van der Waals surface area contributed by atoms with Crippen molar-refractivity contribution in [1.82, 2.24) is 10.3 Å². The molecule has 2 heterocycles. The van der Waals surface area contributed by atoms with Gasteiger partial charge in [0.1, 0.15) is 11.9 Å². The van der Waals surface area contributed by atoms with Gasteiger partial charge >= 0.3 is 5.97 Å². The Hall–Kier alpha value is -3.00. The molecule has 2 N–H and O–H groups in total. The van der Waals surface area contributed by atoms with Crippen LogP contribution in [0.4, 0.5) is 4.39 Å². The highest BCUT2D eigenvalue weighted by Gasteiger charge is 2.34. The molecule has 0 spiro atoms. The number of ether oxygens (including phenoxy) is 2. The maximum absolute atomic E-state index is 14.2. The number of carbonyl (C=O) groups is 2. The molecule has 1 aliphatic heterocycles. The lowest BCUT2D eigenvalue weighted by molar-refractivity contribution is -0.151. The fraction of sp³-hybridized carbons (Fsp3) is 0.278. The van der Waals surface area contributed by atoms with E-state index in [2.05, 4.69) is 10.3 Å². The second-order valence-corrected chi connectivity index (χ2v) is 5.80. The van der Waals surface area contributed by atoms with Crippen molar-refractivity contribution in [2.24, 2.45) is 0 Å². The molecule has 1 amide bonds. The Morgan fingerprint density at radius 3 is 2.77 bits per heavy atom. The van der Waals surface area contributed by atoms with Gasteiger partial charge in [0.15, 0.2) is 17.7 Å². The first-order valence-corrected chi connectivity index (χ1v) is 8.05. The van der Waals surface area contributed by atoms with Crippen LogP contribution < -0.4 is 10.1 Å². The fourth-order valence-electron chi connectivity index (χ4n) is 2.59. The zero-order chi connectivity index (χ0) is 18.5. The van der Waals surface area contributed by atoms with Crippen LogP contribution in [0, 0.1) is 5.82 Å². The van der Waals surface area contributed by atoms with Gasteiger partial charge in [0.2, 0.25) is 5.91 Å². The van der Waals surface area contributed by atoms with E-state index in [0.29, 0.717) is 24.2 Å². The number of carboxylic acid groups (broad SMARTS) is 1. The largest absolute Gasteiger partial charge is 0.479 e. The summed E-state index contributed by atoms with van der Waals surface area (Å²) in [6.07, 6.45) is 1.94. The summed E-state index contributed by atoms with van der Waals surface area (Å²) in [6, 6.07) is 7.70. The summed E-state index contributed by atoms with van der Waals surface area (Å²) in [5.41, 5.74) is 0.544. The van der Waals surface area contributed by atoms with Gasteiger partial charge in [-0.25, -0.2) is 9.18 Å². The van der Waals surface area contributed by atoms with Crippen LogP contribution in [-0.2, 0) is 20.9 Å². The first-order chi connectivity index (χ1) is 12.5. The molecule has 1 aromatic carbocycles. The molecule has 0 unspecified atom stereocenters. The number of amides is 1. The molecule has 1 aromatic heterocycles. The number of pyridine rings is 1. The van der Waals surface area contributed by atoms with E-state index in [0.717, 1.165) is 0 Å². The van der Waals surface area contributed by atoms with Gasteiger partial charge in [-0.2, -0.15) is 0 Å². The molecule has 0 radical (unpaired) electrons. The maximum Gasteiger partial charge on any atom is 0.332 e. The smallest absolute Gasteiger partial charge is 0.332 e. The van der Waals surface area contributed by atoms with Crippen LogP contribution in [0.25, 0.3) is 0 Å². The number of nitrogens with one attached hydrogen (secondary N) is 1. The van der Waals surface area contributed by atoms with Crippen LogP contribution in [-0.4, -0.2) is 34.2 Å². The van der Waals surface area contributed by atoms with Gasteiger partial charge in [0, 0.05) is 12.7 Å². The van der Waals surface area contributed by atoms with Gasteiger partial charge in [-0.1, -0.05) is 6.07 Å². The zero-order valence-electron chi connectivity index (χ0n) is 13.7. The van der Waals surface area contributed by atoms with E-state index < -0.39 is 29.9 Å². The van der Waals surface area contributed by atoms with Crippen LogP contribution in [0.15, 0.2) is 42.7 Å². The van der Waals surface area contributed by atoms with Gasteiger partial charge in [0.05, 0.1) is 6.20 Å². The Morgan fingerprint density at radius 1 is 1.31 bits per heavy atom. The minimum absolute atomic E-state index is 0.0523. The minimum atomic E-state index is -1.08. The van der Waals surface area contributed by atoms with Crippen molar-refractivity contribution >= 4 is 11.9 Å².